The Morgan fingerprint density at radius 2 is 2.25 bits per heavy atom. The Labute approximate surface area is 97.6 Å². The molecule has 0 radical (unpaired) electrons. The van der Waals surface area contributed by atoms with Gasteiger partial charge in [-0.25, -0.2) is 0 Å². The van der Waals surface area contributed by atoms with Gasteiger partial charge in [-0.15, -0.1) is 0 Å². The van der Waals surface area contributed by atoms with Gasteiger partial charge in [0.05, 0.1) is 6.54 Å². The van der Waals surface area contributed by atoms with Gasteiger partial charge in [-0.3, -0.25) is 4.90 Å². The fraction of sp³-hybridized carbons (Fsp3) is 0.692. The molecule has 1 saturated heterocycles. The molecule has 0 spiro atoms. The standard InChI is InChI=1S/C13H22N2O/c1-10-4-3-5-12(8-14)15(10)9-13-7-6-11(2)16-13/h6-7,10,12H,3-5,8-9,14H2,1-2H3. The number of piperidine rings is 1. The Hall–Kier alpha value is -0.800. The molecule has 0 amide bonds. The second kappa shape index (κ2) is 5.02. The van der Waals surface area contributed by atoms with Crippen molar-refractivity contribution in [3.63, 3.8) is 0 Å². The number of rotatable bonds is 3. The highest BCUT2D eigenvalue weighted by atomic mass is 16.3. The van der Waals surface area contributed by atoms with Crippen LogP contribution in [0.2, 0.25) is 0 Å². The monoisotopic (exact) mass is 222 g/mol. The van der Waals surface area contributed by atoms with Crippen LogP contribution in [0.25, 0.3) is 0 Å². The Morgan fingerprint density at radius 1 is 1.44 bits per heavy atom. The molecule has 2 unspecified atom stereocenters. The van der Waals surface area contributed by atoms with Crippen molar-refractivity contribution >= 4 is 0 Å². The van der Waals surface area contributed by atoms with Crippen molar-refractivity contribution < 1.29 is 4.42 Å². The number of likely N-dealkylation sites (tertiary alicyclic amines) is 1. The quantitative estimate of drug-likeness (QED) is 0.853. The van der Waals surface area contributed by atoms with Crippen molar-refractivity contribution in [1.82, 2.24) is 4.90 Å². The van der Waals surface area contributed by atoms with Crippen LogP contribution in [0.3, 0.4) is 0 Å². The highest BCUT2D eigenvalue weighted by molar-refractivity contribution is 5.06. The van der Waals surface area contributed by atoms with Crippen molar-refractivity contribution in [1.29, 1.82) is 0 Å². The van der Waals surface area contributed by atoms with Crippen LogP contribution in [-0.4, -0.2) is 23.5 Å². The number of nitrogens with two attached hydrogens (primary N) is 1. The maximum atomic E-state index is 5.84. The highest BCUT2D eigenvalue weighted by Crippen LogP contribution is 2.24. The van der Waals surface area contributed by atoms with Crippen molar-refractivity contribution in [2.75, 3.05) is 6.54 Å². The van der Waals surface area contributed by atoms with Crippen LogP contribution in [0.15, 0.2) is 16.5 Å². The minimum absolute atomic E-state index is 0.522. The van der Waals surface area contributed by atoms with Gasteiger partial charge in [0.2, 0.25) is 0 Å². The summed E-state index contributed by atoms with van der Waals surface area (Å²) in [7, 11) is 0. The van der Waals surface area contributed by atoms with E-state index < -0.39 is 0 Å². The van der Waals surface area contributed by atoms with Crippen LogP contribution in [-0.2, 0) is 6.54 Å². The second-order valence-corrected chi connectivity index (χ2v) is 4.85. The van der Waals surface area contributed by atoms with Gasteiger partial charge in [0, 0.05) is 18.6 Å². The van der Waals surface area contributed by atoms with E-state index in [1.165, 1.54) is 19.3 Å². The molecule has 1 aliphatic heterocycles. The van der Waals surface area contributed by atoms with Gasteiger partial charge in [0.1, 0.15) is 11.5 Å². The van der Waals surface area contributed by atoms with E-state index in [9.17, 15) is 0 Å². The fourth-order valence-corrected chi connectivity index (χ4v) is 2.63. The van der Waals surface area contributed by atoms with Crippen molar-refractivity contribution in [3.8, 4) is 0 Å². The first-order valence-corrected chi connectivity index (χ1v) is 6.22. The predicted octanol–water partition coefficient (Wildman–Crippen LogP) is 2.29. The van der Waals surface area contributed by atoms with Gasteiger partial charge in [-0.05, 0) is 38.8 Å². The first kappa shape index (κ1) is 11.7. The molecule has 3 nitrogen and oxygen atoms in total. The SMILES string of the molecule is Cc1ccc(CN2C(C)CCCC2CN)o1. The van der Waals surface area contributed by atoms with Crippen LogP contribution < -0.4 is 5.73 Å². The molecular formula is C13H22N2O. The van der Waals surface area contributed by atoms with Crippen molar-refractivity contribution in [3.05, 3.63) is 23.7 Å². The molecule has 2 atom stereocenters. The number of hydrogen-bond acceptors (Lipinski definition) is 3. The molecule has 0 saturated carbocycles. The maximum absolute atomic E-state index is 5.84. The lowest BCUT2D eigenvalue weighted by molar-refractivity contribution is 0.0811. The van der Waals surface area contributed by atoms with Crippen molar-refractivity contribution in [2.24, 2.45) is 5.73 Å². The van der Waals surface area contributed by atoms with E-state index in [4.69, 9.17) is 10.2 Å². The van der Waals surface area contributed by atoms with Gasteiger partial charge in [0.25, 0.3) is 0 Å². The molecule has 16 heavy (non-hydrogen) atoms. The topological polar surface area (TPSA) is 42.4 Å². The highest BCUT2D eigenvalue weighted by Gasteiger charge is 2.27. The largest absolute Gasteiger partial charge is 0.465 e. The van der Waals surface area contributed by atoms with E-state index in [1.807, 2.05) is 13.0 Å². The molecule has 90 valence electrons. The number of nitrogens with zero attached hydrogens (tertiary/aromatic N) is 1. The molecule has 0 aliphatic carbocycles. The summed E-state index contributed by atoms with van der Waals surface area (Å²) in [5.74, 6) is 2.05. The van der Waals surface area contributed by atoms with E-state index in [1.54, 1.807) is 0 Å². The third-order valence-electron chi connectivity index (χ3n) is 3.60. The Bertz CT molecular complexity index is 334. The maximum Gasteiger partial charge on any atom is 0.118 e. The van der Waals surface area contributed by atoms with E-state index in [0.717, 1.165) is 24.6 Å². The minimum Gasteiger partial charge on any atom is -0.465 e. The number of furan rings is 1. The molecule has 1 fully saturated rings. The minimum atomic E-state index is 0.522. The zero-order valence-electron chi connectivity index (χ0n) is 10.3. The summed E-state index contributed by atoms with van der Waals surface area (Å²) in [4.78, 5) is 2.49. The molecule has 2 N–H and O–H groups in total. The van der Waals surface area contributed by atoms with Crippen LogP contribution >= 0.6 is 0 Å². The van der Waals surface area contributed by atoms with E-state index in [2.05, 4.69) is 17.9 Å². The average Bonchev–Trinajstić information content (AvgIpc) is 2.67. The van der Waals surface area contributed by atoms with Gasteiger partial charge in [-0.1, -0.05) is 6.42 Å². The van der Waals surface area contributed by atoms with Crippen LogP contribution in [0, 0.1) is 6.92 Å². The summed E-state index contributed by atoms with van der Waals surface area (Å²) in [6, 6.07) is 5.24. The summed E-state index contributed by atoms with van der Waals surface area (Å²) in [6.45, 7) is 5.93. The zero-order chi connectivity index (χ0) is 11.5. The molecule has 2 heterocycles. The number of hydrogen-bond donors (Lipinski definition) is 1. The fourth-order valence-electron chi connectivity index (χ4n) is 2.63. The smallest absolute Gasteiger partial charge is 0.118 e. The zero-order valence-corrected chi connectivity index (χ0v) is 10.3. The summed E-state index contributed by atoms with van der Waals surface area (Å²) in [5, 5.41) is 0. The summed E-state index contributed by atoms with van der Waals surface area (Å²) >= 11 is 0. The van der Waals surface area contributed by atoms with Gasteiger partial charge < -0.3 is 10.2 Å². The lowest BCUT2D eigenvalue weighted by Gasteiger charge is -2.39. The molecule has 2 rings (SSSR count). The van der Waals surface area contributed by atoms with Gasteiger partial charge in [-0.2, -0.15) is 0 Å². The van der Waals surface area contributed by atoms with Crippen LogP contribution in [0.4, 0.5) is 0 Å². The van der Waals surface area contributed by atoms with Crippen LogP contribution in [0.1, 0.15) is 37.7 Å². The Kier molecular flexibility index (Phi) is 3.66. The summed E-state index contributed by atoms with van der Waals surface area (Å²) in [6.07, 6.45) is 3.80. The first-order chi connectivity index (χ1) is 7.70. The third kappa shape index (κ3) is 2.47. The number of aryl methyl sites for hydroxylation is 1. The third-order valence-corrected chi connectivity index (χ3v) is 3.60. The van der Waals surface area contributed by atoms with Crippen LogP contribution in [0.5, 0.6) is 0 Å². The molecule has 1 aliphatic rings. The molecule has 0 bridgehead atoms. The Morgan fingerprint density at radius 3 is 2.88 bits per heavy atom. The van der Waals surface area contributed by atoms with E-state index >= 15 is 0 Å². The molecular weight excluding hydrogens is 200 g/mol. The molecule has 1 aromatic rings. The molecule has 0 aromatic carbocycles. The molecule has 1 aromatic heterocycles. The second-order valence-electron chi connectivity index (χ2n) is 4.85. The Balaban J connectivity index is 2.05. The first-order valence-electron chi connectivity index (χ1n) is 6.22. The van der Waals surface area contributed by atoms with E-state index in [0.29, 0.717) is 12.1 Å². The summed E-state index contributed by atoms with van der Waals surface area (Å²) in [5.41, 5.74) is 5.84. The lowest BCUT2D eigenvalue weighted by Crippen LogP contribution is -2.48. The van der Waals surface area contributed by atoms with Crippen molar-refractivity contribution in [2.45, 2.75) is 51.7 Å². The van der Waals surface area contributed by atoms with Gasteiger partial charge >= 0.3 is 0 Å². The lowest BCUT2D eigenvalue weighted by atomic mass is 9.96. The predicted molar refractivity (Wildman–Crippen MR) is 65.1 cm³/mol. The van der Waals surface area contributed by atoms with E-state index in [-0.39, 0.29) is 0 Å². The molecule has 3 heteroatoms. The summed E-state index contributed by atoms with van der Waals surface area (Å²) < 4.78 is 5.64. The van der Waals surface area contributed by atoms with Gasteiger partial charge in [0.15, 0.2) is 0 Å². The average molecular weight is 222 g/mol. The normalized spacial score (nSPS) is 27.2.